The molecule has 2 nitrogen and oxygen atoms in total. The lowest BCUT2D eigenvalue weighted by Gasteiger charge is -2.43. The predicted molar refractivity (Wildman–Crippen MR) is 75.8 cm³/mol. The van der Waals surface area contributed by atoms with Crippen LogP contribution in [0.4, 0.5) is 0 Å². The first-order valence-corrected chi connectivity index (χ1v) is 7.01. The fraction of sp³-hybridized carbons (Fsp3) is 0.471. The highest BCUT2D eigenvalue weighted by molar-refractivity contribution is 6.08. The van der Waals surface area contributed by atoms with Crippen LogP contribution in [0.5, 0.6) is 5.75 Å². The molecule has 0 unspecified atom stereocenters. The van der Waals surface area contributed by atoms with Crippen LogP contribution in [0.3, 0.4) is 0 Å². The van der Waals surface area contributed by atoms with E-state index in [4.69, 9.17) is 4.74 Å². The van der Waals surface area contributed by atoms with Crippen molar-refractivity contribution in [3.63, 3.8) is 0 Å². The third-order valence-corrected chi connectivity index (χ3v) is 4.86. The minimum atomic E-state index is 0.00937. The van der Waals surface area contributed by atoms with Crippen molar-refractivity contribution in [2.75, 3.05) is 7.11 Å². The molecular weight excluding hydrogens is 236 g/mol. The molecule has 1 fully saturated rings. The van der Waals surface area contributed by atoms with Crippen molar-refractivity contribution >= 4 is 5.78 Å². The zero-order valence-electron chi connectivity index (χ0n) is 11.8. The molecule has 2 heteroatoms. The average molecular weight is 256 g/mol. The van der Waals surface area contributed by atoms with Gasteiger partial charge in [-0.3, -0.25) is 4.79 Å². The van der Waals surface area contributed by atoms with E-state index in [9.17, 15) is 4.79 Å². The van der Waals surface area contributed by atoms with Crippen LogP contribution in [0, 0.1) is 5.92 Å². The molecule has 0 N–H and O–H groups in total. The van der Waals surface area contributed by atoms with Crippen molar-refractivity contribution in [3.8, 4) is 5.75 Å². The van der Waals surface area contributed by atoms with Crippen LogP contribution in [0.2, 0.25) is 0 Å². The highest BCUT2D eigenvalue weighted by atomic mass is 16.5. The second-order valence-corrected chi connectivity index (χ2v) is 6.00. The van der Waals surface area contributed by atoms with Gasteiger partial charge in [-0.1, -0.05) is 25.8 Å². The number of methoxy groups -OCH3 is 1. The Labute approximate surface area is 114 Å². The van der Waals surface area contributed by atoms with Crippen LogP contribution in [0.25, 0.3) is 0 Å². The molecule has 100 valence electrons. The highest BCUT2D eigenvalue weighted by Gasteiger charge is 2.42. The molecule has 2 atom stereocenters. The Bertz CT molecular complexity index is 571. The lowest BCUT2D eigenvalue weighted by molar-refractivity contribution is 0.103. The van der Waals surface area contributed by atoms with Crippen molar-refractivity contribution in [3.05, 3.63) is 41.0 Å². The standard InChI is InChI=1S/C17H20O2/c1-11-5-4-8-17(2)14(11)10-16(18)13-7-6-12(19-3)9-15(13)17/h6-7,9-11H,4-5,8H2,1-3H3/t11-,17+/m1/s1. The van der Waals surface area contributed by atoms with Crippen LogP contribution in [-0.2, 0) is 5.41 Å². The fourth-order valence-corrected chi connectivity index (χ4v) is 3.74. The molecule has 0 aliphatic heterocycles. The number of allylic oxidation sites excluding steroid dienone is 2. The van der Waals surface area contributed by atoms with Gasteiger partial charge in [0.2, 0.25) is 0 Å². The molecule has 0 radical (unpaired) electrons. The van der Waals surface area contributed by atoms with E-state index in [1.807, 2.05) is 18.2 Å². The van der Waals surface area contributed by atoms with E-state index in [2.05, 4.69) is 19.9 Å². The number of hydrogen-bond acceptors (Lipinski definition) is 2. The Morgan fingerprint density at radius 1 is 1.37 bits per heavy atom. The van der Waals surface area contributed by atoms with Gasteiger partial charge in [-0.25, -0.2) is 0 Å². The fourth-order valence-electron chi connectivity index (χ4n) is 3.74. The number of rotatable bonds is 1. The lowest BCUT2D eigenvalue weighted by atomic mass is 9.60. The summed E-state index contributed by atoms with van der Waals surface area (Å²) in [6.07, 6.45) is 5.42. The molecule has 2 aliphatic rings. The van der Waals surface area contributed by atoms with Crippen molar-refractivity contribution in [2.45, 2.75) is 38.5 Å². The van der Waals surface area contributed by atoms with Crippen LogP contribution in [-0.4, -0.2) is 12.9 Å². The molecule has 2 aliphatic carbocycles. The highest BCUT2D eigenvalue weighted by Crippen LogP contribution is 2.49. The van der Waals surface area contributed by atoms with Gasteiger partial charge in [0.1, 0.15) is 5.75 Å². The van der Waals surface area contributed by atoms with E-state index in [-0.39, 0.29) is 11.2 Å². The molecule has 3 rings (SSSR count). The Hall–Kier alpha value is -1.57. The predicted octanol–water partition coefficient (Wildman–Crippen LogP) is 3.90. The SMILES string of the molecule is COc1ccc2c(c1)[C@@]1(C)CCC[C@@H](C)C1=CC2=O. The Morgan fingerprint density at radius 3 is 2.89 bits per heavy atom. The quantitative estimate of drug-likeness (QED) is 0.762. The van der Waals surface area contributed by atoms with E-state index >= 15 is 0 Å². The Morgan fingerprint density at radius 2 is 2.16 bits per heavy atom. The maximum absolute atomic E-state index is 12.3. The monoisotopic (exact) mass is 256 g/mol. The molecule has 1 aromatic rings. The van der Waals surface area contributed by atoms with Gasteiger partial charge in [-0.05, 0) is 48.6 Å². The summed E-state index contributed by atoms with van der Waals surface area (Å²) in [5.74, 6) is 1.49. The Balaban J connectivity index is 2.21. The molecule has 0 spiro atoms. The topological polar surface area (TPSA) is 26.3 Å². The van der Waals surface area contributed by atoms with E-state index in [1.165, 1.54) is 18.4 Å². The number of fused-ring (bicyclic) bond motifs is 3. The summed E-state index contributed by atoms with van der Waals surface area (Å²) in [5.41, 5.74) is 3.32. The number of ether oxygens (including phenoxy) is 1. The maximum atomic E-state index is 12.3. The summed E-state index contributed by atoms with van der Waals surface area (Å²) in [5, 5.41) is 0. The first-order valence-electron chi connectivity index (χ1n) is 7.01. The van der Waals surface area contributed by atoms with Crippen LogP contribution >= 0.6 is 0 Å². The molecule has 0 amide bonds. The first-order chi connectivity index (χ1) is 9.06. The van der Waals surface area contributed by atoms with E-state index in [1.54, 1.807) is 7.11 Å². The maximum Gasteiger partial charge on any atom is 0.186 e. The number of hydrogen-bond donors (Lipinski definition) is 0. The van der Waals surface area contributed by atoms with Gasteiger partial charge in [0.05, 0.1) is 7.11 Å². The lowest BCUT2D eigenvalue weighted by Crippen LogP contribution is -2.37. The minimum Gasteiger partial charge on any atom is -0.497 e. The van der Waals surface area contributed by atoms with Crippen LogP contribution in [0.1, 0.15) is 49.0 Å². The van der Waals surface area contributed by atoms with Crippen molar-refractivity contribution < 1.29 is 9.53 Å². The van der Waals surface area contributed by atoms with E-state index < -0.39 is 0 Å². The van der Waals surface area contributed by atoms with Gasteiger partial charge < -0.3 is 4.74 Å². The third-order valence-electron chi connectivity index (χ3n) is 4.86. The van der Waals surface area contributed by atoms with Gasteiger partial charge in [-0.2, -0.15) is 0 Å². The smallest absolute Gasteiger partial charge is 0.186 e. The van der Waals surface area contributed by atoms with Crippen molar-refractivity contribution in [1.82, 2.24) is 0 Å². The number of carbonyl (C=O) groups is 1. The first kappa shape index (κ1) is 12.5. The summed E-state index contributed by atoms with van der Waals surface area (Å²) in [6, 6.07) is 5.84. The molecule has 1 aromatic carbocycles. The number of carbonyl (C=O) groups excluding carboxylic acids is 1. The number of ketones is 1. The summed E-state index contributed by atoms with van der Waals surface area (Å²) < 4.78 is 5.34. The number of benzene rings is 1. The van der Waals surface area contributed by atoms with Gasteiger partial charge in [0.25, 0.3) is 0 Å². The van der Waals surface area contributed by atoms with E-state index in [0.29, 0.717) is 5.92 Å². The molecule has 0 saturated heterocycles. The molecular formula is C17H20O2. The molecule has 1 saturated carbocycles. The van der Waals surface area contributed by atoms with Gasteiger partial charge in [0, 0.05) is 11.0 Å². The molecule has 0 heterocycles. The molecule has 0 bridgehead atoms. The van der Waals surface area contributed by atoms with Crippen LogP contribution < -0.4 is 4.74 Å². The third kappa shape index (κ3) is 1.73. The normalized spacial score (nSPS) is 29.3. The molecule has 19 heavy (non-hydrogen) atoms. The van der Waals surface area contributed by atoms with Crippen LogP contribution in [0.15, 0.2) is 29.8 Å². The van der Waals surface area contributed by atoms with Gasteiger partial charge >= 0.3 is 0 Å². The van der Waals surface area contributed by atoms with E-state index in [0.717, 1.165) is 23.3 Å². The zero-order valence-corrected chi connectivity index (χ0v) is 11.8. The summed E-state index contributed by atoms with van der Waals surface area (Å²) in [7, 11) is 1.68. The van der Waals surface area contributed by atoms with Crippen molar-refractivity contribution in [2.24, 2.45) is 5.92 Å². The minimum absolute atomic E-state index is 0.00937. The molecule has 0 aromatic heterocycles. The second-order valence-electron chi connectivity index (χ2n) is 6.00. The zero-order chi connectivity index (χ0) is 13.6. The van der Waals surface area contributed by atoms with Gasteiger partial charge in [0.15, 0.2) is 5.78 Å². The van der Waals surface area contributed by atoms with Gasteiger partial charge in [-0.15, -0.1) is 0 Å². The second kappa shape index (κ2) is 4.22. The summed E-state index contributed by atoms with van der Waals surface area (Å²) in [4.78, 5) is 12.3. The van der Waals surface area contributed by atoms with Crippen molar-refractivity contribution in [1.29, 1.82) is 0 Å². The average Bonchev–Trinajstić information content (AvgIpc) is 2.41. The summed E-state index contributed by atoms with van der Waals surface area (Å²) >= 11 is 0. The largest absolute Gasteiger partial charge is 0.497 e. The summed E-state index contributed by atoms with van der Waals surface area (Å²) in [6.45, 7) is 4.51. The Kier molecular flexibility index (Phi) is 2.77.